The lowest BCUT2D eigenvalue weighted by atomic mass is 10.1. The molecule has 0 aromatic rings. The van der Waals surface area contributed by atoms with E-state index in [0.717, 1.165) is 12.8 Å². The zero-order chi connectivity index (χ0) is 11.3. The number of allylic oxidation sites excluding steroid dienone is 1. The van der Waals surface area contributed by atoms with Crippen LogP contribution in [0.1, 0.15) is 12.8 Å². The second kappa shape index (κ2) is 6.19. The van der Waals surface area contributed by atoms with Crippen LogP contribution in [0.5, 0.6) is 0 Å². The Labute approximate surface area is 88.9 Å². The zero-order valence-electron chi connectivity index (χ0n) is 8.58. The van der Waals surface area contributed by atoms with Crippen molar-refractivity contribution in [1.29, 1.82) is 0 Å². The van der Waals surface area contributed by atoms with Crippen LogP contribution in [0.4, 0.5) is 0 Å². The average molecular weight is 218 g/mol. The topological polar surface area (TPSA) is 79.2 Å². The zero-order valence-corrected chi connectivity index (χ0v) is 8.58. The minimum Gasteiger partial charge on any atom is -0.394 e. The Morgan fingerprint density at radius 1 is 1.33 bits per heavy atom. The molecule has 1 heterocycles. The van der Waals surface area contributed by atoms with Gasteiger partial charge in [-0.25, -0.2) is 0 Å². The molecule has 0 bridgehead atoms. The molecule has 1 aliphatic heterocycles. The highest BCUT2D eigenvalue weighted by atomic mass is 16.7. The molecule has 4 atom stereocenters. The first kappa shape index (κ1) is 12.6. The summed E-state index contributed by atoms with van der Waals surface area (Å²) < 4.78 is 10.3. The second-order valence-corrected chi connectivity index (χ2v) is 3.51. The SMILES string of the molecule is C=CCCCOC1O[C@@H](CO)[C@@H](O)[C@@H]1O. The van der Waals surface area contributed by atoms with Crippen molar-refractivity contribution in [3.63, 3.8) is 0 Å². The molecule has 1 fully saturated rings. The number of hydrogen-bond donors (Lipinski definition) is 3. The van der Waals surface area contributed by atoms with Gasteiger partial charge < -0.3 is 24.8 Å². The minimum absolute atomic E-state index is 0.329. The first-order valence-electron chi connectivity index (χ1n) is 5.05. The monoisotopic (exact) mass is 218 g/mol. The van der Waals surface area contributed by atoms with Crippen LogP contribution in [0, 0.1) is 0 Å². The quantitative estimate of drug-likeness (QED) is 0.410. The Morgan fingerprint density at radius 2 is 2.07 bits per heavy atom. The second-order valence-electron chi connectivity index (χ2n) is 3.51. The Morgan fingerprint density at radius 3 is 2.60 bits per heavy atom. The van der Waals surface area contributed by atoms with Gasteiger partial charge in [0.1, 0.15) is 18.3 Å². The summed E-state index contributed by atoms with van der Waals surface area (Å²) in [6.07, 6.45) is -0.387. The van der Waals surface area contributed by atoms with Crippen LogP contribution in [0.15, 0.2) is 12.7 Å². The summed E-state index contributed by atoms with van der Waals surface area (Å²) in [5.74, 6) is 0. The van der Waals surface area contributed by atoms with Gasteiger partial charge in [0, 0.05) is 0 Å². The van der Waals surface area contributed by atoms with Gasteiger partial charge in [0.05, 0.1) is 13.2 Å². The molecule has 0 spiro atoms. The molecule has 0 aliphatic carbocycles. The van der Waals surface area contributed by atoms with Gasteiger partial charge in [-0.3, -0.25) is 0 Å². The molecule has 0 aromatic heterocycles. The summed E-state index contributed by atoms with van der Waals surface area (Å²) in [4.78, 5) is 0. The van der Waals surface area contributed by atoms with E-state index in [2.05, 4.69) is 6.58 Å². The Balaban J connectivity index is 2.27. The van der Waals surface area contributed by atoms with E-state index in [1.165, 1.54) is 0 Å². The molecule has 0 saturated carbocycles. The summed E-state index contributed by atoms with van der Waals surface area (Å²) in [7, 11) is 0. The van der Waals surface area contributed by atoms with Crippen LogP contribution >= 0.6 is 0 Å². The maximum absolute atomic E-state index is 9.48. The third-order valence-corrected chi connectivity index (χ3v) is 2.33. The Kier molecular flexibility index (Phi) is 5.21. The van der Waals surface area contributed by atoms with Gasteiger partial charge >= 0.3 is 0 Å². The first-order chi connectivity index (χ1) is 7.20. The van der Waals surface area contributed by atoms with Crippen molar-refractivity contribution in [1.82, 2.24) is 0 Å². The lowest BCUT2D eigenvalue weighted by molar-refractivity contribution is -0.169. The van der Waals surface area contributed by atoms with Crippen molar-refractivity contribution >= 4 is 0 Å². The summed E-state index contributed by atoms with van der Waals surface area (Å²) in [5.41, 5.74) is 0. The molecular formula is C10H18O5. The summed E-state index contributed by atoms with van der Waals surface area (Å²) in [6, 6.07) is 0. The molecule has 1 rings (SSSR count). The molecule has 15 heavy (non-hydrogen) atoms. The van der Waals surface area contributed by atoms with E-state index >= 15 is 0 Å². The van der Waals surface area contributed by atoms with Crippen LogP contribution in [0.3, 0.4) is 0 Å². The van der Waals surface area contributed by atoms with Gasteiger partial charge in [-0.2, -0.15) is 0 Å². The largest absolute Gasteiger partial charge is 0.394 e. The van der Waals surface area contributed by atoms with E-state index in [-0.39, 0.29) is 6.61 Å². The van der Waals surface area contributed by atoms with Crippen molar-refractivity contribution in [2.45, 2.75) is 37.4 Å². The average Bonchev–Trinajstić information content (AvgIpc) is 2.52. The lowest BCUT2D eigenvalue weighted by Gasteiger charge is -2.14. The smallest absolute Gasteiger partial charge is 0.186 e. The molecule has 1 saturated heterocycles. The Hall–Kier alpha value is -0.460. The normalized spacial score (nSPS) is 35.7. The highest BCUT2D eigenvalue weighted by molar-refractivity contribution is 4.86. The van der Waals surface area contributed by atoms with Gasteiger partial charge in [0.25, 0.3) is 0 Å². The Bertz CT molecular complexity index is 196. The number of ether oxygens (including phenoxy) is 2. The lowest BCUT2D eigenvalue weighted by Crippen LogP contribution is -2.34. The van der Waals surface area contributed by atoms with Gasteiger partial charge in [-0.15, -0.1) is 6.58 Å². The van der Waals surface area contributed by atoms with Crippen molar-refractivity contribution in [3.8, 4) is 0 Å². The highest BCUT2D eigenvalue weighted by Gasteiger charge is 2.42. The van der Waals surface area contributed by atoms with Crippen LogP contribution in [0.2, 0.25) is 0 Å². The fraction of sp³-hybridized carbons (Fsp3) is 0.800. The van der Waals surface area contributed by atoms with Crippen LogP contribution in [-0.4, -0.2) is 53.1 Å². The maximum Gasteiger partial charge on any atom is 0.186 e. The molecule has 1 aliphatic rings. The van der Waals surface area contributed by atoms with Crippen LogP contribution < -0.4 is 0 Å². The highest BCUT2D eigenvalue weighted by Crippen LogP contribution is 2.21. The van der Waals surface area contributed by atoms with Crippen LogP contribution in [0.25, 0.3) is 0 Å². The third kappa shape index (κ3) is 3.25. The standard InChI is InChI=1S/C10H18O5/c1-2-3-4-5-14-10-9(13)8(12)7(6-11)15-10/h2,7-13H,1,3-6H2/t7-,8+,9-,10?/m0/s1. The van der Waals surface area contributed by atoms with E-state index < -0.39 is 24.6 Å². The van der Waals surface area contributed by atoms with Crippen molar-refractivity contribution in [3.05, 3.63) is 12.7 Å². The van der Waals surface area contributed by atoms with E-state index in [1.54, 1.807) is 6.08 Å². The fourth-order valence-electron chi connectivity index (χ4n) is 1.43. The third-order valence-electron chi connectivity index (χ3n) is 2.33. The predicted molar refractivity (Wildman–Crippen MR) is 53.1 cm³/mol. The van der Waals surface area contributed by atoms with E-state index in [9.17, 15) is 10.2 Å². The summed E-state index contributed by atoms with van der Waals surface area (Å²) in [5, 5.41) is 27.7. The molecular weight excluding hydrogens is 200 g/mol. The first-order valence-corrected chi connectivity index (χ1v) is 5.05. The van der Waals surface area contributed by atoms with Gasteiger partial charge in [0.15, 0.2) is 6.29 Å². The van der Waals surface area contributed by atoms with E-state index in [0.29, 0.717) is 6.61 Å². The number of aliphatic hydroxyl groups excluding tert-OH is 3. The molecule has 88 valence electrons. The summed E-state index contributed by atoms with van der Waals surface area (Å²) >= 11 is 0. The molecule has 0 radical (unpaired) electrons. The predicted octanol–water partition coefficient (Wildman–Crippen LogP) is -0.592. The van der Waals surface area contributed by atoms with Gasteiger partial charge in [-0.05, 0) is 12.8 Å². The van der Waals surface area contributed by atoms with Gasteiger partial charge in [0.2, 0.25) is 0 Å². The van der Waals surface area contributed by atoms with E-state index in [1.807, 2.05) is 0 Å². The molecule has 0 aromatic carbocycles. The molecule has 0 amide bonds. The number of rotatable bonds is 6. The summed E-state index contributed by atoms with van der Waals surface area (Å²) in [6.45, 7) is 3.67. The number of unbranched alkanes of at least 4 members (excludes halogenated alkanes) is 1. The fourth-order valence-corrected chi connectivity index (χ4v) is 1.43. The van der Waals surface area contributed by atoms with Crippen LogP contribution in [-0.2, 0) is 9.47 Å². The molecule has 3 N–H and O–H groups in total. The van der Waals surface area contributed by atoms with Gasteiger partial charge in [-0.1, -0.05) is 6.08 Å². The number of aliphatic hydroxyl groups is 3. The van der Waals surface area contributed by atoms with Crippen molar-refractivity contribution < 1.29 is 24.8 Å². The molecule has 5 heteroatoms. The van der Waals surface area contributed by atoms with E-state index in [4.69, 9.17) is 14.6 Å². The van der Waals surface area contributed by atoms with Crippen molar-refractivity contribution in [2.24, 2.45) is 0 Å². The minimum atomic E-state index is -1.09. The maximum atomic E-state index is 9.48. The molecule has 1 unspecified atom stereocenters. The molecule has 5 nitrogen and oxygen atoms in total. The van der Waals surface area contributed by atoms with Crippen molar-refractivity contribution in [2.75, 3.05) is 13.2 Å². The number of hydrogen-bond acceptors (Lipinski definition) is 5.